The lowest BCUT2D eigenvalue weighted by Gasteiger charge is -2.33. The fourth-order valence-corrected chi connectivity index (χ4v) is 4.30. The summed E-state index contributed by atoms with van der Waals surface area (Å²) in [6.45, 7) is 3.37. The van der Waals surface area contributed by atoms with E-state index < -0.39 is 0 Å². The number of carbonyl (C=O) groups excluding carboxylic acids is 1. The minimum Gasteiger partial charge on any atom is -0.342 e. The number of nitrogens with zero attached hydrogens (tertiary/aromatic N) is 3. The average Bonchev–Trinajstić information content (AvgIpc) is 3.09. The number of fused-ring (bicyclic) bond motifs is 1. The Labute approximate surface area is 148 Å². The summed E-state index contributed by atoms with van der Waals surface area (Å²) in [6.07, 6.45) is 6.09. The Kier molecular flexibility index (Phi) is 4.55. The molecule has 2 aromatic rings. The van der Waals surface area contributed by atoms with E-state index in [2.05, 4.69) is 34.4 Å². The maximum atomic E-state index is 12.9. The van der Waals surface area contributed by atoms with Gasteiger partial charge in [0.25, 0.3) is 0 Å². The van der Waals surface area contributed by atoms with Gasteiger partial charge in [0.05, 0.1) is 0 Å². The van der Waals surface area contributed by atoms with Gasteiger partial charge in [-0.1, -0.05) is 29.4 Å². The van der Waals surface area contributed by atoms with Crippen LogP contribution in [0.25, 0.3) is 0 Å². The molecule has 2 atom stereocenters. The molecule has 0 spiro atoms. The minimum atomic E-state index is 0.203. The van der Waals surface area contributed by atoms with Gasteiger partial charge in [0, 0.05) is 32.4 Å². The van der Waals surface area contributed by atoms with Crippen LogP contribution >= 0.6 is 0 Å². The molecule has 1 saturated heterocycles. The number of aryl methyl sites for hydroxylation is 2. The predicted molar refractivity (Wildman–Crippen MR) is 94.3 cm³/mol. The van der Waals surface area contributed by atoms with Crippen LogP contribution in [0.3, 0.4) is 0 Å². The van der Waals surface area contributed by atoms with E-state index in [9.17, 15) is 4.79 Å². The van der Waals surface area contributed by atoms with E-state index in [-0.39, 0.29) is 11.8 Å². The number of hydrogen-bond acceptors (Lipinski definition) is 4. The van der Waals surface area contributed by atoms with Gasteiger partial charge in [0.1, 0.15) is 0 Å². The quantitative estimate of drug-likeness (QED) is 0.857. The Hall–Kier alpha value is -2.17. The van der Waals surface area contributed by atoms with Gasteiger partial charge < -0.3 is 9.42 Å². The Morgan fingerprint density at radius 1 is 1.28 bits per heavy atom. The highest BCUT2D eigenvalue weighted by Gasteiger charge is 2.30. The summed E-state index contributed by atoms with van der Waals surface area (Å²) in [5.41, 5.74) is 2.80. The zero-order valence-electron chi connectivity index (χ0n) is 14.8. The van der Waals surface area contributed by atoms with Crippen LogP contribution in [0.1, 0.15) is 66.8 Å². The van der Waals surface area contributed by atoms with Crippen molar-refractivity contribution in [2.24, 2.45) is 0 Å². The molecule has 0 N–H and O–H groups in total. The van der Waals surface area contributed by atoms with Crippen molar-refractivity contribution in [3.8, 4) is 0 Å². The zero-order chi connectivity index (χ0) is 17.2. The largest absolute Gasteiger partial charge is 0.342 e. The van der Waals surface area contributed by atoms with Crippen LogP contribution in [-0.2, 0) is 11.2 Å². The monoisotopic (exact) mass is 339 g/mol. The summed E-state index contributed by atoms with van der Waals surface area (Å²) < 4.78 is 5.11. The number of aromatic nitrogens is 2. The predicted octanol–water partition coefficient (Wildman–Crippen LogP) is 3.59. The molecule has 2 heterocycles. The van der Waals surface area contributed by atoms with E-state index >= 15 is 0 Å². The normalized spacial score (nSPS) is 23.3. The van der Waals surface area contributed by atoms with E-state index in [0.717, 1.165) is 38.1 Å². The summed E-state index contributed by atoms with van der Waals surface area (Å²) in [4.78, 5) is 19.3. The van der Waals surface area contributed by atoms with Gasteiger partial charge >= 0.3 is 0 Å². The summed E-state index contributed by atoms with van der Waals surface area (Å²) >= 11 is 0. The first-order chi connectivity index (χ1) is 12.2. The van der Waals surface area contributed by atoms with Gasteiger partial charge in [-0.15, -0.1) is 0 Å². The third-order valence-corrected chi connectivity index (χ3v) is 5.60. The maximum Gasteiger partial charge on any atom is 0.223 e. The maximum absolute atomic E-state index is 12.9. The molecule has 5 nitrogen and oxygen atoms in total. The van der Waals surface area contributed by atoms with Crippen molar-refractivity contribution in [2.45, 2.75) is 57.3 Å². The molecule has 1 fully saturated rings. The van der Waals surface area contributed by atoms with Crippen LogP contribution in [0.2, 0.25) is 0 Å². The van der Waals surface area contributed by atoms with E-state index in [1.54, 1.807) is 0 Å². The lowest BCUT2D eigenvalue weighted by molar-refractivity contribution is -0.133. The molecular weight excluding hydrogens is 314 g/mol. The second-order valence-corrected chi connectivity index (χ2v) is 7.34. The molecule has 5 heteroatoms. The SMILES string of the molecule is Cc1nc([C@H]2CCCN(C(=O)C[C@@H]3CCCc4ccccc43)C2)no1. The van der Waals surface area contributed by atoms with E-state index in [1.807, 2.05) is 11.8 Å². The van der Waals surface area contributed by atoms with Crippen molar-refractivity contribution in [2.75, 3.05) is 13.1 Å². The molecule has 1 aliphatic carbocycles. The van der Waals surface area contributed by atoms with Crippen molar-refractivity contribution in [3.63, 3.8) is 0 Å². The molecule has 0 bridgehead atoms. The fourth-order valence-electron chi connectivity index (χ4n) is 4.30. The van der Waals surface area contributed by atoms with Gasteiger partial charge in [-0.2, -0.15) is 4.98 Å². The van der Waals surface area contributed by atoms with Crippen LogP contribution in [0.5, 0.6) is 0 Å². The van der Waals surface area contributed by atoms with Crippen molar-refractivity contribution >= 4 is 5.91 Å². The highest BCUT2D eigenvalue weighted by molar-refractivity contribution is 5.77. The molecule has 2 aliphatic rings. The Morgan fingerprint density at radius 2 is 2.16 bits per heavy atom. The van der Waals surface area contributed by atoms with Crippen LogP contribution in [-0.4, -0.2) is 34.0 Å². The highest BCUT2D eigenvalue weighted by atomic mass is 16.5. The molecule has 1 aromatic carbocycles. The molecule has 1 amide bonds. The first-order valence-electron chi connectivity index (χ1n) is 9.36. The Balaban J connectivity index is 1.43. The van der Waals surface area contributed by atoms with Crippen molar-refractivity contribution in [1.29, 1.82) is 0 Å². The zero-order valence-corrected chi connectivity index (χ0v) is 14.8. The summed E-state index contributed by atoms with van der Waals surface area (Å²) in [6, 6.07) is 8.61. The van der Waals surface area contributed by atoms with Crippen molar-refractivity contribution in [1.82, 2.24) is 15.0 Å². The smallest absolute Gasteiger partial charge is 0.223 e. The topological polar surface area (TPSA) is 59.2 Å². The first-order valence-corrected chi connectivity index (χ1v) is 9.36. The van der Waals surface area contributed by atoms with Crippen LogP contribution in [0, 0.1) is 6.92 Å². The molecule has 4 rings (SSSR count). The number of piperidine rings is 1. The highest BCUT2D eigenvalue weighted by Crippen LogP contribution is 2.35. The van der Waals surface area contributed by atoms with E-state index in [0.29, 0.717) is 24.8 Å². The first kappa shape index (κ1) is 16.3. The molecule has 25 heavy (non-hydrogen) atoms. The number of rotatable bonds is 3. The molecule has 132 valence electrons. The van der Waals surface area contributed by atoms with Crippen molar-refractivity contribution in [3.05, 3.63) is 47.1 Å². The van der Waals surface area contributed by atoms with Crippen molar-refractivity contribution < 1.29 is 9.32 Å². The van der Waals surface area contributed by atoms with E-state index in [4.69, 9.17) is 4.52 Å². The third kappa shape index (κ3) is 3.46. The number of amides is 1. The number of hydrogen-bond donors (Lipinski definition) is 0. The van der Waals surface area contributed by atoms with Gasteiger partial charge in [0.15, 0.2) is 5.82 Å². The number of benzene rings is 1. The second-order valence-electron chi connectivity index (χ2n) is 7.34. The standard InChI is InChI=1S/C20H25N3O2/c1-14-21-20(22-25-14)17-9-5-11-23(13-17)19(24)12-16-8-4-7-15-6-2-3-10-18(15)16/h2-3,6,10,16-17H,4-5,7-9,11-13H2,1H3/t16-,17-/m0/s1. The minimum absolute atomic E-state index is 0.203. The van der Waals surface area contributed by atoms with Crippen LogP contribution in [0.15, 0.2) is 28.8 Å². The molecule has 1 aromatic heterocycles. The molecule has 0 unspecified atom stereocenters. The summed E-state index contributed by atoms with van der Waals surface area (Å²) in [7, 11) is 0. The number of likely N-dealkylation sites (tertiary alicyclic amines) is 1. The fraction of sp³-hybridized carbons (Fsp3) is 0.550. The summed E-state index contributed by atoms with van der Waals surface area (Å²) in [5, 5.41) is 4.05. The Bertz CT molecular complexity index is 755. The van der Waals surface area contributed by atoms with Crippen LogP contribution in [0.4, 0.5) is 0 Å². The Morgan fingerprint density at radius 3 is 3.00 bits per heavy atom. The third-order valence-electron chi connectivity index (χ3n) is 5.60. The van der Waals surface area contributed by atoms with Gasteiger partial charge in [-0.25, -0.2) is 0 Å². The molecule has 0 radical (unpaired) electrons. The average molecular weight is 339 g/mol. The molecular formula is C20H25N3O2. The van der Waals surface area contributed by atoms with E-state index in [1.165, 1.54) is 17.5 Å². The van der Waals surface area contributed by atoms with Gasteiger partial charge in [-0.05, 0) is 49.1 Å². The summed E-state index contributed by atoms with van der Waals surface area (Å²) in [5.74, 6) is 2.18. The second kappa shape index (κ2) is 6.98. The van der Waals surface area contributed by atoms with Crippen LogP contribution < -0.4 is 0 Å². The molecule has 0 saturated carbocycles. The lowest BCUT2D eigenvalue weighted by Crippen LogP contribution is -2.40. The lowest BCUT2D eigenvalue weighted by atomic mass is 9.80. The number of carbonyl (C=O) groups is 1. The van der Waals surface area contributed by atoms with Gasteiger partial charge in [-0.3, -0.25) is 4.79 Å². The molecule has 1 aliphatic heterocycles. The van der Waals surface area contributed by atoms with Gasteiger partial charge in [0.2, 0.25) is 11.8 Å².